The standard InChI is InChI=1S/C20H30N2O3/c1-15(23)21-9-6-10-22(12-11-21)19(24)14-16-7-8-18(25-5)17(13-16)20(2,3)4/h7-8,13H,6,9-12,14H2,1-5H3. The molecule has 0 radical (unpaired) electrons. The van der Waals surface area contributed by atoms with Gasteiger partial charge in [-0.1, -0.05) is 32.9 Å². The van der Waals surface area contributed by atoms with Crippen molar-refractivity contribution in [3.8, 4) is 5.75 Å². The molecule has 0 N–H and O–H groups in total. The average molecular weight is 346 g/mol. The van der Waals surface area contributed by atoms with Crippen molar-refractivity contribution in [3.05, 3.63) is 29.3 Å². The van der Waals surface area contributed by atoms with Gasteiger partial charge in [0, 0.05) is 33.1 Å². The molecular formula is C20H30N2O3. The quantitative estimate of drug-likeness (QED) is 0.845. The van der Waals surface area contributed by atoms with Crippen molar-refractivity contribution < 1.29 is 14.3 Å². The highest BCUT2D eigenvalue weighted by Gasteiger charge is 2.22. The summed E-state index contributed by atoms with van der Waals surface area (Å²) in [5.41, 5.74) is 2.07. The lowest BCUT2D eigenvalue weighted by atomic mass is 9.85. The lowest BCUT2D eigenvalue weighted by molar-refractivity contribution is -0.132. The highest BCUT2D eigenvalue weighted by molar-refractivity contribution is 5.79. The summed E-state index contributed by atoms with van der Waals surface area (Å²) in [4.78, 5) is 27.9. The predicted octanol–water partition coefficient (Wildman–Crippen LogP) is 2.62. The van der Waals surface area contributed by atoms with Crippen LogP contribution in [0.4, 0.5) is 0 Å². The molecule has 5 nitrogen and oxygen atoms in total. The minimum atomic E-state index is -0.0466. The van der Waals surface area contributed by atoms with Gasteiger partial charge in [-0.05, 0) is 29.0 Å². The molecule has 0 unspecified atom stereocenters. The van der Waals surface area contributed by atoms with E-state index in [9.17, 15) is 9.59 Å². The lowest BCUT2D eigenvalue weighted by Crippen LogP contribution is -2.37. The van der Waals surface area contributed by atoms with Crippen molar-refractivity contribution in [3.63, 3.8) is 0 Å². The van der Waals surface area contributed by atoms with Crippen LogP contribution < -0.4 is 4.74 Å². The smallest absolute Gasteiger partial charge is 0.227 e. The molecule has 1 aliphatic heterocycles. The third kappa shape index (κ3) is 4.97. The van der Waals surface area contributed by atoms with Gasteiger partial charge in [0.05, 0.1) is 13.5 Å². The molecule has 138 valence electrons. The Morgan fingerprint density at radius 3 is 2.32 bits per heavy atom. The maximum absolute atomic E-state index is 12.7. The van der Waals surface area contributed by atoms with E-state index in [-0.39, 0.29) is 17.2 Å². The number of ether oxygens (including phenoxy) is 1. The van der Waals surface area contributed by atoms with Crippen LogP contribution in [0, 0.1) is 0 Å². The number of amides is 2. The lowest BCUT2D eigenvalue weighted by Gasteiger charge is -2.24. The van der Waals surface area contributed by atoms with Crippen molar-refractivity contribution in [2.24, 2.45) is 0 Å². The van der Waals surface area contributed by atoms with Gasteiger partial charge in [-0.2, -0.15) is 0 Å². The highest BCUT2D eigenvalue weighted by Crippen LogP contribution is 2.32. The van der Waals surface area contributed by atoms with Gasteiger partial charge in [-0.25, -0.2) is 0 Å². The van der Waals surface area contributed by atoms with Crippen molar-refractivity contribution in [2.75, 3.05) is 33.3 Å². The maximum atomic E-state index is 12.7. The second-order valence-electron chi connectivity index (χ2n) is 7.70. The third-order valence-corrected chi connectivity index (χ3v) is 4.72. The first-order chi connectivity index (χ1) is 11.7. The van der Waals surface area contributed by atoms with Crippen LogP contribution in [0.1, 0.15) is 45.2 Å². The molecule has 2 rings (SSSR count). The summed E-state index contributed by atoms with van der Waals surface area (Å²) in [5.74, 6) is 1.06. The van der Waals surface area contributed by atoms with E-state index in [1.165, 1.54) is 0 Å². The number of carbonyl (C=O) groups excluding carboxylic acids is 2. The molecular weight excluding hydrogens is 316 g/mol. The van der Waals surface area contributed by atoms with Crippen molar-refractivity contribution in [2.45, 2.75) is 46.0 Å². The molecule has 1 heterocycles. The van der Waals surface area contributed by atoms with Gasteiger partial charge < -0.3 is 14.5 Å². The first-order valence-corrected chi connectivity index (χ1v) is 8.93. The van der Waals surface area contributed by atoms with E-state index in [1.54, 1.807) is 14.0 Å². The summed E-state index contributed by atoms with van der Waals surface area (Å²) < 4.78 is 5.47. The molecule has 0 spiro atoms. The second kappa shape index (κ2) is 7.89. The molecule has 5 heteroatoms. The zero-order valence-electron chi connectivity index (χ0n) is 16.1. The number of hydrogen-bond acceptors (Lipinski definition) is 3. The maximum Gasteiger partial charge on any atom is 0.227 e. The minimum Gasteiger partial charge on any atom is -0.496 e. The van der Waals surface area contributed by atoms with E-state index in [0.717, 1.165) is 29.8 Å². The van der Waals surface area contributed by atoms with E-state index >= 15 is 0 Å². The SMILES string of the molecule is COc1ccc(CC(=O)N2CCCN(C(C)=O)CC2)cc1C(C)(C)C. The van der Waals surface area contributed by atoms with Crippen molar-refractivity contribution >= 4 is 11.8 Å². The van der Waals surface area contributed by atoms with Crippen LogP contribution >= 0.6 is 0 Å². The number of nitrogens with zero attached hydrogens (tertiary/aromatic N) is 2. The van der Waals surface area contributed by atoms with Gasteiger partial charge in [0.15, 0.2) is 0 Å². The van der Waals surface area contributed by atoms with Gasteiger partial charge >= 0.3 is 0 Å². The minimum absolute atomic E-state index is 0.0466. The molecule has 0 aliphatic carbocycles. The first kappa shape index (κ1) is 19.3. The average Bonchev–Trinajstić information content (AvgIpc) is 2.80. The van der Waals surface area contributed by atoms with E-state index in [2.05, 4.69) is 26.8 Å². The summed E-state index contributed by atoms with van der Waals surface area (Å²) in [6.07, 6.45) is 1.22. The van der Waals surface area contributed by atoms with Crippen LogP contribution in [0.2, 0.25) is 0 Å². The fourth-order valence-electron chi connectivity index (χ4n) is 3.22. The summed E-state index contributed by atoms with van der Waals surface area (Å²) in [7, 11) is 1.67. The Kier molecular flexibility index (Phi) is 6.09. The molecule has 1 aromatic rings. The van der Waals surface area contributed by atoms with Crippen LogP contribution in [-0.4, -0.2) is 54.9 Å². The highest BCUT2D eigenvalue weighted by atomic mass is 16.5. The monoisotopic (exact) mass is 346 g/mol. The van der Waals surface area contributed by atoms with Gasteiger partial charge in [0.2, 0.25) is 11.8 Å². The number of methoxy groups -OCH3 is 1. The molecule has 1 saturated heterocycles. The predicted molar refractivity (Wildman–Crippen MR) is 98.8 cm³/mol. The van der Waals surface area contributed by atoms with Crippen molar-refractivity contribution in [1.82, 2.24) is 9.80 Å². The number of rotatable bonds is 3. The van der Waals surface area contributed by atoms with Gasteiger partial charge in [-0.15, -0.1) is 0 Å². The first-order valence-electron chi connectivity index (χ1n) is 8.93. The van der Waals surface area contributed by atoms with E-state index in [1.807, 2.05) is 21.9 Å². The van der Waals surface area contributed by atoms with Crippen molar-refractivity contribution in [1.29, 1.82) is 0 Å². The third-order valence-electron chi connectivity index (χ3n) is 4.72. The normalized spacial score (nSPS) is 15.7. The van der Waals surface area contributed by atoms with Crippen LogP contribution in [0.5, 0.6) is 5.75 Å². The van der Waals surface area contributed by atoms with Gasteiger partial charge in [-0.3, -0.25) is 9.59 Å². The Morgan fingerprint density at radius 2 is 1.72 bits per heavy atom. The fraction of sp³-hybridized carbons (Fsp3) is 0.600. The Hall–Kier alpha value is -2.04. The molecule has 0 aromatic heterocycles. The molecule has 1 aromatic carbocycles. The zero-order valence-corrected chi connectivity index (χ0v) is 16.1. The molecule has 0 bridgehead atoms. The Balaban J connectivity index is 2.09. The van der Waals surface area contributed by atoms with Crippen LogP contribution in [0.15, 0.2) is 18.2 Å². The molecule has 1 fully saturated rings. The molecule has 1 aliphatic rings. The van der Waals surface area contributed by atoms with E-state index in [4.69, 9.17) is 4.74 Å². The Bertz CT molecular complexity index is 634. The van der Waals surface area contributed by atoms with Crippen LogP contribution in [-0.2, 0) is 21.4 Å². The number of benzene rings is 1. The zero-order chi connectivity index (χ0) is 18.6. The summed E-state index contributed by atoms with van der Waals surface area (Å²) in [6.45, 7) is 10.7. The molecule has 0 atom stereocenters. The largest absolute Gasteiger partial charge is 0.496 e. The Morgan fingerprint density at radius 1 is 1.08 bits per heavy atom. The molecule has 2 amide bonds. The molecule has 0 saturated carbocycles. The Labute approximate surface area is 150 Å². The summed E-state index contributed by atoms with van der Waals surface area (Å²) in [6, 6.07) is 5.99. The summed E-state index contributed by atoms with van der Waals surface area (Å²) in [5, 5.41) is 0. The topological polar surface area (TPSA) is 49.9 Å². The summed E-state index contributed by atoms with van der Waals surface area (Å²) >= 11 is 0. The number of carbonyl (C=O) groups is 2. The van der Waals surface area contributed by atoms with Gasteiger partial charge in [0.1, 0.15) is 5.75 Å². The second-order valence-corrected chi connectivity index (χ2v) is 7.70. The van der Waals surface area contributed by atoms with Gasteiger partial charge in [0.25, 0.3) is 0 Å². The van der Waals surface area contributed by atoms with Crippen LogP contribution in [0.3, 0.4) is 0 Å². The fourth-order valence-corrected chi connectivity index (χ4v) is 3.22. The van der Waals surface area contributed by atoms with E-state index in [0.29, 0.717) is 26.1 Å². The number of hydrogen-bond donors (Lipinski definition) is 0. The van der Waals surface area contributed by atoms with E-state index < -0.39 is 0 Å². The molecule has 25 heavy (non-hydrogen) atoms. The van der Waals surface area contributed by atoms with Crippen LogP contribution in [0.25, 0.3) is 0 Å².